The zero-order chi connectivity index (χ0) is 21.3. The maximum absolute atomic E-state index is 13.3. The predicted molar refractivity (Wildman–Crippen MR) is 115 cm³/mol. The van der Waals surface area contributed by atoms with E-state index in [0.717, 1.165) is 6.42 Å². The Bertz CT molecular complexity index is 1100. The number of nitrogens with zero attached hydrogens (tertiary/aromatic N) is 1. The first-order chi connectivity index (χ1) is 15.0. The third-order valence-electron chi connectivity index (χ3n) is 7.27. The number of hydrogen-bond acceptors (Lipinski definition) is 4. The first-order valence-corrected chi connectivity index (χ1v) is 11.0. The van der Waals surface area contributed by atoms with Crippen LogP contribution in [0.25, 0.3) is 0 Å². The second-order valence-electron chi connectivity index (χ2n) is 8.88. The van der Waals surface area contributed by atoms with Gasteiger partial charge in [0.2, 0.25) is 11.8 Å². The number of rotatable bonds is 5. The lowest BCUT2D eigenvalue weighted by molar-refractivity contribution is -0.124. The average Bonchev–Trinajstić information content (AvgIpc) is 3.56. The molecule has 7 rings (SSSR count). The van der Waals surface area contributed by atoms with Crippen LogP contribution in [0.15, 0.2) is 60.7 Å². The van der Waals surface area contributed by atoms with Gasteiger partial charge in [-0.3, -0.25) is 14.4 Å². The summed E-state index contributed by atoms with van der Waals surface area (Å²) in [6, 6.07) is 13.5. The fraction of sp³-hybridized carbons (Fsp3) is 0.320. The van der Waals surface area contributed by atoms with E-state index in [1.165, 1.54) is 4.90 Å². The monoisotopic (exact) mass is 433 g/mol. The van der Waals surface area contributed by atoms with Crippen molar-refractivity contribution in [1.29, 1.82) is 0 Å². The fourth-order valence-corrected chi connectivity index (χ4v) is 5.92. The van der Waals surface area contributed by atoms with Crippen molar-refractivity contribution in [2.75, 3.05) is 11.5 Å². The SMILES string of the molecule is O=C(COc1cccc(N2C(=O)[C@@H]3[C@H]4C=C[C@@H]([C@@H]5C[C@H]45)[C@@H]3C2=O)c1)c1ccc(Cl)cc1. The number of hydrogen-bond donors (Lipinski definition) is 0. The van der Waals surface area contributed by atoms with E-state index in [9.17, 15) is 14.4 Å². The van der Waals surface area contributed by atoms with Crippen molar-refractivity contribution in [2.24, 2.45) is 35.5 Å². The molecule has 2 aromatic carbocycles. The molecule has 6 atom stereocenters. The molecule has 2 amide bonds. The van der Waals surface area contributed by atoms with Crippen LogP contribution in [0.2, 0.25) is 5.02 Å². The number of ketones is 1. The van der Waals surface area contributed by atoms with Gasteiger partial charge in [0, 0.05) is 16.7 Å². The van der Waals surface area contributed by atoms with E-state index in [2.05, 4.69) is 12.2 Å². The molecule has 0 aromatic heterocycles. The first kappa shape index (κ1) is 18.8. The molecule has 2 aromatic rings. The van der Waals surface area contributed by atoms with Crippen LogP contribution in [0.1, 0.15) is 16.8 Å². The van der Waals surface area contributed by atoms with Gasteiger partial charge in [-0.25, -0.2) is 4.90 Å². The maximum atomic E-state index is 13.3. The van der Waals surface area contributed by atoms with Gasteiger partial charge in [-0.2, -0.15) is 0 Å². The Kier molecular flexibility index (Phi) is 4.12. The van der Waals surface area contributed by atoms with Crippen molar-refractivity contribution in [1.82, 2.24) is 0 Å². The Balaban J connectivity index is 1.20. The Labute approximate surface area is 184 Å². The third kappa shape index (κ3) is 2.87. The molecular weight excluding hydrogens is 414 g/mol. The van der Waals surface area contributed by atoms with Crippen molar-refractivity contribution < 1.29 is 19.1 Å². The van der Waals surface area contributed by atoms with Gasteiger partial charge in [-0.15, -0.1) is 0 Å². The van der Waals surface area contributed by atoms with Crippen LogP contribution >= 0.6 is 11.6 Å². The summed E-state index contributed by atoms with van der Waals surface area (Å²) in [4.78, 5) is 40.2. The van der Waals surface area contributed by atoms with Crippen LogP contribution in [-0.2, 0) is 9.59 Å². The van der Waals surface area contributed by atoms with E-state index >= 15 is 0 Å². The molecule has 4 aliphatic carbocycles. The van der Waals surface area contributed by atoms with E-state index in [4.69, 9.17) is 16.3 Å². The molecule has 3 fully saturated rings. The number of carbonyl (C=O) groups is 3. The van der Waals surface area contributed by atoms with Crippen molar-refractivity contribution >= 4 is 34.9 Å². The number of halogens is 1. The van der Waals surface area contributed by atoms with Gasteiger partial charge < -0.3 is 4.74 Å². The molecular formula is C25H20ClNO4. The molecule has 1 saturated heterocycles. The van der Waals surface area contributed by atoms with Crippen LogP contribution in [0.4, 0.5) is 5.69 Å². The summed E-state index contributed by atoms with van der Waals surface area (Å²) in [6.07, 6.45) is 5.47. The van der Waals surface area contributed by atoms with Gasteiger partial charge in [0.05, 0.1) is 17.5 Å². The van der Waals surface area contributed by atoms with E-state index in [1.807, 2.05) is 0 Å². The summed E-state index contributed by atoms with van der Waals surface area (Å²) in [6.45, 7) is -0.143. The van der Waals surface area contributed by atoms with Gasteiger partial charge in [0.15, 0.2) is 12.4 Å². The molecule has 156 valence electrons. The molecule has 1 heterocycles. The number of Topliss-reactive ketones (excluding diaryl/α,β-unsaturated/α-hetero) is 1. The minimum atomic E-state index is -0.234. The molecule has 1 aliphatic heterocycles. The number of amides is 2. The zero-order valence-corrected chi connectivity index (χ0v) is 17.4. The van der Waals surface area contributed by atoms with E-state index in [1.54, 1.807) is 48.5 Å². The van der Waals surface area contributed by atoms with E-state index in [0.29, 0.717) is 33.9 Å². The summed E-state index contributed by atoms with van der Waals surface area (Å²) < 4.78 is 5.68. The van der Waals surface area contributed by atoms with Gasteiger partial charge in [0.1, 0.15) is 5.75 Å². The van der Waals surface area contributed by atoms with Crippen molar-refractivity contribution in [2.45, 2.75) is 6.42 Å². The predicted octanol–water partition coefficient (Wildman–Crippen LogP) is 4.16. The Hall–Kier alpha value is -2.92. The number of imide groups is 1. The highest BCUT2D eigenvalue weighted by atomic mass is 35.5. The van der Waals surface area contributed by atoms with Crippen molar-refractivity contribution in [3.63, 3.8) is 0 Å². The molecule has 2 bridgehead atoms. The second-order valence-corrected chi connectivity index (χ2v) is 9.32. The van der Waals surface area contributed by atoms with Crippen LogP contribution in [0.3, 0.4) is 0 Å². The number of ether oxygens (including phenoxy) is 1. The van der Waals surface area contributed by atoms with Gasteiger partial charge >= 0.3 is 0 Å². The summed E-state index contributed by atoms with van der Waals surface area (Å²) in [5.41, 5.74) is 1.02. The molecule has 0 spiro atoms. The lowest BCUT2D eigenvalue weighted by Crippen LogP contribution is -2.40. The van der Waals surface area contributed by atoms with Crippen molar-refractivity contribution in [3.8, 4) is 5.75 Å². The molecule has 0 unspecified atom stereocenters. The second kappa shape index (κ2) is 6.79. The largest absolute Gasteiger partial charge is 0.485 e. The molecule has 0 N–H and O–H groups in total. The average molecular weight is 434 g/mol. The van der Waals surface area contributed by atoms with Crippen LogP contribution in [-0.4, -0.2) is 24.2 Å². The minimum Gasteiger partial charge on any atom is -0.485 e. The van der Waals surface area contributed by atoms with Crippen LogP contribution in [0, 0.1) is 35.5 Å². The Morgan fingerprint density at radius 3 is 2.26 bits per heavy atom. The molecule has 31 heavy (non-hydrogen) atoms. The zero-order valence-electron chi connectivity index (χ0n) is 16.6. The standard InChI is InChI=1S/C25H20ClNO4/c26-14-6-4-13(5-7-14)21(28)12-31-16-3-1-2-15(10-16)27-24(29)22-17-8-9-18(20-11-19(17)20)23(22)25(27)30/h1-10,17-20,22-23H,11-12H2/t17-,18-,19-,20+,22-,23+/m0/s1. The fourth-order valence-electron chi connectivity index (χ4n) is 5.79. The normalized spacial score (nSPS) is 32.1. The Morgan fingerprint density at radius 2 is 1.61 bits per heavy atom. The Morgan fingerprint density at radius 1 is 0.968 bits per heavy atom. The van der Waals surface area contributed by atoms with Crippen LogP contribution < -0.4 is 9.64 Å². The highest BCUT2D eigenvalue weighted by Crippen LogP contribution is 2.65. The third-order valence-corrected chi connectivity index (χ3v) is 7.53. The summed E-state index contributed by atoms with van der Waals surface area (Å²) in [5, 5.41) is 0.562. The van der Waals surface area contributed by atoms with Crippen molar-refractivity contribution in [3.05, 3.63) is 71.3 Å². The molecule has 6 heteroatoms. The lowest BCUT2D eigenvalue weighted by Gasteiger charge is -2.37. The quantitative estimate of drug-likeness (QED) is 0.403. The lowest BCUT2D eigenvalue weighted by atomic mass is 9.63. The number of anilines is 1. The molecule has 5 aliphatic rings. The summed E-state index contributed by atoms with van der Waals surface area (Å²) >= 11 is 5.86. The minimum absolute atomic E-state index is 0.103. The first-order valence-electron chi connectivity index (χ1n) is 10.6. The maximum Gasteiger partial charge on any atom is 0.238 e. The topological polar surface area (TPSA) is 63.7 Å². The number of allylic oxidation sites excluding steroid dienone is 2. The summed E-state index contributed by atoms with van der Waals surface area (Å²) in [5.74, 6) is 1.12. The molecule has 2 saturated carbocycles. The summed E-state index contributed by atoms with van der Waals surface area (Å²) in [7, 11) is 0. The van der Waals surface area contributed by atoms with Gasteiger partial charge in [-0.1, -0.05) is 29.8 Å². The van der Waals surface area contributed by atoms with Gasteiger partial charge in [-0.05, 0) is 66.5 Å². The number of benzene rings is 2. The van der Waals surface area contributed by atoms with E-state index in [-0.39, 0.29) is 47.9 Å². The van der Waals surface area contributed by atoms with Gasteiger partial charge in [0.25, 0.3) is 0 Å². The molecule has 5 nitrogen and oxygen atoms in total. The highest BCUT2D eigenvalue weighted by Gasteiger charge is 2.67. The smallest absolute Gasteiger partial charge is 0.238 e. The van der Waals surface area contributed by atoms with E-state index < -0.39 is 0 Å². The number of carbonyl (C=O) groups excluding carboxylic acids is 3. The molecule has 0 radical (unpaired) electrons. The highest BCUT2D eigenvalue weighted by molar-refractivity contribution is 6.30. The van der Waals surface area contributed by atoms with Crippen LogP contribution in [0.5, 0.6) is 5.75 Å².